The van der Waals surface area contributed by atoms with Crippen molar-refractivity contribution < 1.29 is 14.3 Å². The fourth-order valence-corrected chi connectivity index (χ4v) is 6.48. The molecule has 4 heteroatoms. The van der Waals surface area contributed by atoms with E-state index < -0.39 is 10.8 Å². The summed E-state index contributed by atoms with van der Waals surface area (Å²) in [5.41, 5.74) is 3.56. The van der Waals surface area contributed by atoms with Crippen molar-refractivity contribution in [1.29, 1.82) is 0 Å². The van der Waals surface area contributed by atoms with Crippen molar-refractivity contribution in [3.63, 3.8) is 0 Å². The summed E-state index contributed by atoms with van der Waals surface area (Å²) in [5.74, 6) is 0.329. The van der Waals surface area contributed by atoms with Gasteiger partial charge in [0.2, 0.25) is 11.8 Å². The minimum absolute atomic E-state index is 0.105. The van der Waals surface area contributed by atoms with Crippen LogP contribution in [0.1, 0.15) is 36.8 Å². The smallest absolute Gasteiger partial charge is 0.241 e. The molecule has 0 N–H and O–H groups in total. The molecule has 3 aliphatic rings. The molecule has 2 unspecified atom stereocenters. The Bertz CT molecular complexity index is 1300. The van der Waals surface area contributed by atoms with E-state index in [9.17, 15) is 9.59 Å². The molecule has 1 saturated carbocycles. The summed E-state index contributed by atoms with van der Waals surface area (Å²) < 4.78 is 5.53. The van der Waals surface area contributed by atoms with E-state index in [1.807, 2.05) is 48.5 Å². The normalized spacial score (nSPS) is 24.9. The second-order valence-electron chi connectivity index (χ2n) is 9.73. The second-order valence-corrected chi connectivity index (χ2v) is 9.73. The molecule has 0 radical (unpaired) electrons. The highest BCUT2D eigenvalue weighted by Crippen LogP contribution is 2.67. The van der Waals surface area contributed by atoms with Crippen molar-refractivity contribution >= 4 is 23.1 Å². The Morgan fingerprint density at radius 1 is 0.714 bits per heavy atom. The Morgan fingerprint density at radius 2 is 1.20 bits per heavy atom. The fourth-order valence-electron chi connectivity index (χ4n) is 6.48. The standard InChI is InChI=1S/C31H27NO3/c1-35-26-17-9-8-16-25(26)32-28(33)30-18-10-11-19-31(30,29(32)34)21-24(20-30)27(22-12-4-2-5-13-22)23-14-6-3-7-15-23/h2-17H,18-21H2,1H3. The van der Waals surface area contributed by atoms with E-state index in [1.54, 1.807) is 19.2 Å². The summed E-state index contributed by atoms with van der Waals surface area (Å²) in [5, 5.41) is 0. The lowest BCUT2D eigenvalue weighted by atomic mass is 9.61. The van der Waals surface area contributed by atoms with Crippen LogP contribution in [0.4, 0.5) is 5.69 Å². The highest BCUT2D eigenvalue weighted by Gasteiger charge is 2.72. The summed E-state index contributed by atoms with van der Waals surface area (Å²) >= 11 is 0. The lowest BCUT2D eigenvalue weighted by molar-refractivity contribution is -0.132. The molecule has 4 nitrogen and oxygen atoms in total. The summed E-state index contributed by atoms with van der Waals surface area (Å²) in [6, 6.07) is 28.0. The van der Waals surface area contributed by atoms with Crippen LogP contribution in [0.3, 0.4) is 0 Å². The first kappa shape index (κ1) is 21.6. The molecule has 1 aliphatic heterocycles. The lowest BCUT2D eigenvalue weighted by Gasteiger charge is -2.36. The molecule has 2 aliphatic carbocycles. The van der Waals surface area contributed by atoms with Crippen LogP contribution in [0.25, 0.3) is 5.57 Å². The molecule has 6 rings (SSSR count). The summed E-state index contributed by atoms with van der Waals surface area (Å²) in [6.45, 7) is 0. The molecular formula is C31H27NO3. The van der Waals surface area contributed by atoms with Crippen LogP contribution in [0.5, 0.6) is 5.75 Å². The van der Waals surface area contributed by atoms with Crippen LogP contribution < -0.4 is 9.64 Å². The van der Waals surface area contributed by atoms with Gasteiger partial charge in [-0.25, -0.2) is 4.90 Å². The highest BCUT2D eigenvalue weighted by molar-refractivity contribution is 6.27. The predicted molar refractivity (Wildman–Crippen MR) is 137 cm³/mol. The van der Waals surface area contributed by atoms with E-state index in [1.165, 1.54) is 10.5 Å². The van der Waals surface area contributed by atoms with E-state index in [-0.39, 0.29) is 11.8 Å². The Labute approximate surface area is 205 Å². The molecule has 3 aromatic rings. The SMILES string of the molecule is COc1ccccc1N1C(=O)C23CC=CCC2(CC(=C(c2ccccc2)c2ccccc2)C3)C1=O. The van der Waals surface area contributed by atoms with Crippen molar-refractivity contribution in [3.05, 3.63) is 114 Å². The number of allylic oxidation sites excluding steroid dienone is 3. The summed E-state index contributed by atoms with van der Waals surface area (Å²) in [4.78, 5) is 29.9. The van der Waals surface area contributed by atoms with E-state index >= 15 is 0 Å². The van der Waals surface area contributed by atoms with Crippen molar-refractivity contribution in [1.82, 2.24) is 0 Å². The number of ether oxygens (including phenoxy) is 1. The van der Waals surface area contributed by atoms with Gasteiger partial charge < -0.3 is 4.74 Å². The van der Waals surface area contributed by atoms with E-state index in [0.29, 0.717) is 37.1 Å². The van der Waals surface area contributed by atoms with Gasteiger partial charge >= 0.3 is 0 Å². The first-order valence-electron chi connectivity index (χ1n) is 12.1. The maximum Gasteiger partial charge on any atom is 0.241 e. The van der Waals surface area contributed by atoms with Gasteiger partial charge in [0, 0.05) is 0 Å². The number of amides is 2. The third-order valence-electron chi connectivity index (χ3n) is 8.08. The monoisotopic (exact) mass is 461 g/mol. The number of methoxy groups -OCH3 is 1. The number of anilines is 1. The fraction of sp³-hybridized carbons (Fsp3) is 0.226. The minimum atomic E-state index is -0.774. The Hall–Kier alpha value is -3.92. The zero-order chi connectivity index (χ0) is 24.0. The maximum absolute atomic E-state index is 14.3. The Morgan fingerprint density at radius 3 is 1.71 bits per heavy atom. The summed E-state index contributed by atoms with van der Waals surface area (Å²) in [6.07, 6.45) is 6.47. The number of carbonyl (C=O) groups is 2. The number of hydrogen-bond donors (Lipinski definition) is 0. The molecule has 174 valence electrons. The molecule has 1 saturated heterocycles. The minimum Gasteiger partial charge on any atom is -0.495 e. The average Bonchev–Trinajstić information content (AvgIpc) is 3.35. The maximum atomic E-state index is 14.3. The zero-order valence-corrected chi connectivity index (χ0v) is 19.7. The Kier molecular flexibility index (Phi) is 4.99. The van der Waals surface area contributed by atoms with Gasteiger partial charge in [0.05, 0.1) is 23.6 Å². The van der Waals surface area contributed by atoms with Gasteiger partial charge in [-0.1, -0.05) is 90.5 Å². The van der Waals surface area contributed by atoms with Crippen LogP contribution in [0.2, 0.25) is 0 Å². The number of benzene rings is 3. The van der Waals surface area contributed by atoms with Crippen molar-refractivity contribution in [2.75, 3.05) is 12.0 Å². The van der Waals surface area contributed by atoms with Crippen molar-refractivity contribution in [2.24, 2.45) is 10.8 Å². The number of imide groups is 1. The van der Waals surface area contributed by atoms with Gasteiger partial charge in [-0.2, -0.15) is 0 Å². The second kappa shape index (κ2) is 8.09. The number of carbonyl (C=O) groups excluding carboxylic acids is 2. The van der Waals surface area contributed by atoms with Crippen LogP contribution in [0, 0.1) is 10.8 Å². The molecule has 0 aromatic heterocycles. The molecule has 0 spiro atoms. The molecule has 0 bridgehead atoms. The first-order valence-corrected chi connectivity index (χ1v) is 12.1. The number of hydrogen-bond acceptors (Lipinski definition) is 3. The van der Waals surface area contributed by atoms with Crippen molar-refractivity contribution in [3.8, 4) is 5.75 Å². The van der Waals surface area contributed by atoms with Gasteiger partial charge in [-0.05, 0) is 54.5 Å². The molecule has 1 heterocycles. The molecule has 2 amide bonds. The molecule has 2 atom stereocenters. The topological polar surface area (TPSA) is 46.6 Å². The quantitative estimate of drug-likeness (QED) is 0.344. The van der Waals surface area contributed by atoms with E-state index in [2.05, 4.69) is 36.4 Å². The molecule has 2 fully saturated rings. The van der Waals surface area contributed by atoms with Gasteiger partial charge in [-0.15, -0.1) is 0 Å². The Balaban J connectivity index is 1.54. The van der Waals surface area contributed by atoms with Crippen LogP contribution in [-0.2, 0) is 9.59 Å². The van der Waals surface area contributed by atoms with Gasteiger partial charge in [0.1, 0.15) is 5.75 Å². The van der Waals surface area contributed by atoms with E-state index in [0.717, 1.165) is 16.7 Å². The third kappa shape index (κ3) is 2.99. The van der Waals surface area contributed by atoms with Crippen LogP contribution in [0.15, 0.2) is 103 Å². The average molecular weight is 462 g/mol. The zero-order valence-electron chi connectivity index (χ0n) is 19.7. The lowest BCUT2D eigenvalue weighted by Crippen LogP contribution is -2.41. The number of nitrogens with zero attached hydrogens (tertiary/aromatic N) is 1. The molecule has 35 heavy (non-hydrogen) atoms. The highest BCUT2D eigenvalue weighted by atomic mass is 16.5. The van der Waals surface area contributed by atoms with E-state index in [4.69, 9.17) is 4.74 Å². The van der Waals surface area contributed by atoms with Gasteiger partial charge in [-0.3, -0.25) is 9.59 Å². The number of rotatable bonds is 4. The third-order valence-corrected chi connectivity index (χ3v) is 8.08. The van der Waals surface area contributed by atoms with Crippen LogP contribution in [-0.4, -0.2) is 18.9 Å². The largest absolute Gasteiger partial charge is 0.495 e. The molecular weight excluding hydrogens is 434 g/mol. The predicted octanol–water partition coefficient (Wildman–Crippen LogP) is 6.19. The number of para-hydroxylation sites is 2. The van der Waals surface area contributed by atoms with Crippen molar-refractivity contribution in [2.45, 2.75) is 25.7 Å². The van der Waals surface area contributed by atoms with Gasteiger partial charge in [0.15, 0.2) is 0 Å². The first-order chi connectivity index (χ1) is 17.1. The summed E-state index contributed by atoms with van der Waals surface area (Å²) in [7, 11) is 1.57. The molecule has 3 aromatic carbocycles. The van der Waals surface area contributed by atoms with Crippen LogP contribution >= 0.6 is 0 Å². The van der Waals surface area contributed by atoms with Gasteiger partial charge in [0.25, 0.3) is 0 Å².